The molecule has 0 aromatic heterocycles. The first-order valence-corrected chi connectivity index (χ1v) is 3.89. The molecule has 5 heteroatoms. The predicted molar refractivity (Wildman–Crippen MR) is 50.0 cm³/mol. The highest BCUT2D eigenvalue weighted by atomic mass is 16.3. The minimum Gasteiger partial charge on any atom is -0.355 e. The maximum atomic E-state index is 11.2. The number of carbonyl (C=O) groups is 2. The SMILES string of the molecule is CNC(=O)c1ccccc1C(=O)N=O. The standard InChI is InChI=1S/C9H8N2O3/c1-10-8(12)6-4-2-3-5-7(6)9(13)11-14/h2-5H,1H3,(H,10,12). The maximum Gasteiger partial charge on any atom is 0.317 e. The largest absolute Gasteiger partial charge is 0.355 e. The number of benzene rings is 1. The summed E-state index contributed by atoms with van der Waals surface area (Å²) in [6, 6.07) is 6.00. The first-order valence-electron chi connectivity index (χ1n) is 3.89. The average Bonchev–Trinajstić information content (AvgIpc) is 2.27. The zero-order valence-electron chi connectivity index (χ0n) is 7.48. The topological polar surface area (TPSA) is 75.6 Å². The number of nitrogens with one attached hydrogen (secondary N) is 1. The zero-order chi connectivity index (χ0) is 10.6. The van der Waals surface area contributed by atoms with E-state index >= 15 is 0 Å². The van der Waals surface area contributed by atoms with E-state index in [0.717, 1.165) is 0 Å². The molecule has 0 saturated carbocycles. The van der Waals surface area contributed by atoms with E-state index in [9.17, 15) is 14.5 Å². The summed E-state index contributed by atoms with van der Waals surface area (Å²) in [4.78, 5) is 32.3. The van der Waals surface area contributed by atoms with Crippen molar-refractivity contribution in [2.45, 2.75) is 0 Å². The molecular weight excluding hydrogens is 184 g/mol. The maximum absolute atomic E-state index is 11.2. The van der Waals surface area contributed by atoms with Crippen molar-refractivity contribution in [2.75, 3.05) is 7.05 Å². The van der Waals surface area contributed by atoms with E-state index in [1.54, 1.807) is 12.1 Å². The van der Waals surface area contributed by atoms with Gasteiger partial charge in [0, 0.05) is 12.2 Å². The summed E-state index contributed by atoms with van der Waals surface area (Å²) >= 11 is 0. The molecule has 0 spiro atoms. The molecule has 1 aromatic carbocycles. The summed E-state index contributed by atoms with van der Waals surface area (Å²) < 4.78 is 0. The molecule has 1 N–H and O–H groups in total. The van der Waals surface area contributed by atoms with Crippen molar-refractivity contribution < 1.29 is 9.59 Å². The second-order valence-electron chi connectivity index (χ2n) is 2.52. The van der Waals surface area contributed by atoms with Gasteiger partial charge in [0.15, 0.2) is 0 Å². The minimum atomic E-state index is -0.941. The van der Waals surface area contributed by atoms with Gasteiger partial charge in [-0.3, -0.25) is 9.59 Å². The summed E-state index contributed by atoms with van der Waals surface area (Å²) in [6.45, 7) is 0. The van der Waals surface area contributed by atoms with Gasteiger partial charge in [0.1, 0.15) is 0 Å². The van der Waals surface area contributed by atoms with Crippen molar-refractivity contribution in [3.05, 3.63) is 40.3 Å². The number of nitroso groups, excluding NO2 is 1. The van der Waals surface area contributed by atoms with E-state index < -0.39 is 11.8 Å². The van der Waals surface area contributed by atoms with Crippen LogP contribution in [0.2, 0.25) is 0 Å². The first-order chi connectivity index (χ1) is 6.70. The van der Waals surface area contributed by atoms with Crippen molar-refractivity contribution in [2.24, 2.45) is 5.18 Å². The highest BCUT2D eigenvalue weighted by molar-refractivity contribution is 6.07. The van der Waals surface area contributed by atoms with Crippen LogP contribution in [0.5, 0.6) is 0 Å². The Morgan fingerprint density at radius 2 is 1.79 bits per heavy atom. The molecule has 0 heterocycles. The van der Waals surface area contributed by atoms with Crippen LogP contribution in [0.1, 0.15) is 20.7 Å². The first kappa shape index (κ1) is 10.0. The van der Waals surface area contributed by atoms with Crippen LogP contribution in [0.3, 0.4) is 0 Å². The number of rotatable bonds is 2. The molecule has 0 atom stereocenters. The Morgan fingerprint density at radius 1 is 1.21 bits per heavy atom. The van der Waals surface area contributed by atoms with Gasteiger partial charge in [-0.15, -0.1) is 4.91 Å². The minimum absolute atomic E-state index is 0.0156. The Hall–Kier alpha value is -2.04. The lowest BCUT2D eigenvalue weighted by Gasteiger charge is -2.02. The molecule has 14 heavy (non-hydrogen) atoms. The normalized spacial score (nSPS) is 9.21. The molecule has 0 unspecified atom stereocenters. The fraction of sp³-hybridized carbons (Fsp3) is 0.111. The fourth-order valence-corrected chi connectivity index (χ4v) is 1.05. The fourth-order valence-electron chi connectivity index (χ4n) is 1.05. The van der Waals surface area contributed by atoms with Crippen molar-refractivity contribution in [1.82, 2.24) is 5.32 Å². The molecule has 0 bridgehead atoms. The summed E-state index contributed by atoms with van der Waals surface area (Å²) in [5, 5.41) is 4.63. The Balaban J connectivity index is 3.22. The van der Waals surface area contributed by atoms with Crippen LogP contribution in [0.4, 0.5) is 0 Å². The Bertz CT molecular complexity index is 387. The van der Waals surface area contributed by atoms with Crippen LogP contribution in [0, 0.1) is 4.91 Å². The number of amides is 2. The molecule has 1 rings (SSSR count). The van der Waals surface area contributed by atoms with Crippen LogP contribution in [0.15, 0.2) is 29.4 Å². The van der Waals surface area contributed by atoms with Crippen LogP contribution in [-0.2, 0) is 0 Å². The van der Waals surface area contributed by atoms with Crippen LogP contribution in [0.25, 0.3) is 0 Å². The number of carbonyl (C=O) groups excluding carboxylic acids is 2. The third kappa shape index (κ3) is 1.82. The summed E-state index contributed by atoms with van der Waals surface area (Å²) in [5.41, 5.74) is 0.168. The van der Waals surface area contributed by atoms with Crippen molar-refractivity contribution in [1.29, 1.82) is 0 Å². The molecule has 0 fully saturated rings. The molecule has 0 aliphatic rings. The highest BCUT2D eigenvalue weighted by Crippen LogP contribution is 2.09. The zero-order valence-corrected chi connectivity index (χ0v) is 7.48. The molecule has 0 aliphatic heterocycles. The average molecular weight is 192 g/mol. The number of nitrogens with zero attached hydrogens (tertiary/aromatic N) is 1. The Morgan fingerprint density at radius 3 is 2.29 bits per heavy atom. The van der Waals surface area contributed by atoms with Gasteiger partial charge in [0.25, 0.3) is 5.91 Å². The Labute approximate surface area is 80.1 Å². The Kier molecular flexibility index (Phi) is 3.06. The van der Waals surface area contributed by atoms with E-state index in [4.69, 9.17) is 0 Å². The third-order valence-corrected chi connectivity index (χ3v) is 1.71. The monoisotopic (exact) mass is 192 g/mol. The number of hydrogen-bond acceptors (Lipinski definition) is 3. The van der Waals surface area contributed by atoms with Gasteiger partial charge in [-0.2, -0.15) is 0 Å². The van der Waals surface area contributed by atoms with Gasteiger partial charge < -0.3 is 5.32 Å². The number of hydrogen-bond donors (Lipinski definition) is 1. The van der Waals surface area contributed by atoms with Crippen LogP contribution >= 0.6 is 0 Å². The van der Waals surface area contributed by atoms with Gasteiger partial charge in [0.05, 0.1) is 11.1 Å². The highest BCUT2D eigenvalue weighted by Gasteiger charge is 2.15. The van der Waals surface area contributed by atoms with E-state index in [-0.39, 0.29) is 11.1 Å². The lowest BCUT2D eigenvalue weighted by molar-refractivity contribution is 0.0943. The van der Waals surface area contributed by atoms with Gasteiger partial charge in [-0.1, -0.05) is 12.1 Å². The molecule has 0 aliphatic carbocycles. The second kappa shape index (κ2) is 4.27. The van der Waals surface area contributed by atoms with Crippen LogP contribution < -0.4 is 5.32 Å². The van der Waals surface area contributed by atoms with Crippen molar-refractivity contribution >= 4 is 11.8 Å². The second-order valence-corrected chi connectivity index (χ2v) is 2.52. The molecule has 0 saturated heterocycles. The van der Waals surface area contributed by atoms with Gasteiger partial charge in [0.2, 0.25) is 0 Å². The molecule has 0 radical (unpaired) electrons. The van der Waals surface area contributed by atoms with Gasteiger partial charge in [-0.25, -0.2) is 0 Å². The summed E-state index contributed by atoms with van der Waals surface area (Å²) in [5.74, 6) is -1.36. The van der Waals surface area contributed by atoms with E-state index in [1.165, 1.54) is 19.2 Å². The van der Waals surface area contributed by atoms with E-state index in [0.29, 0.717) is 0 Å². The van der Waals surface area contributed by atoms with E-state index in [1.807, 2.05) is 0 Å². The summed E-state index contributed by atoms with van der Waals surface area (Å²) in [7, 11) is 1.44. The summed E-state index contributed by atoms with van der Waals surface area (Å²) in [6.07, 6.45) is 0. The quantitative estimate of drug-likeness (QED) is 0.709. The molecule has 1 aromatic rings. The molecule has 72 valence electrons. The molecule has 2 amide bonds. The predicted octanol–water partition coefficient (Wildman–Crippen LogP) is 0.953. The van der Waals surface area contributed by atoms with Gasteiger partial charge >= 0.3 is 5.91 Å². The van der Waals surface area contributed by atoms with E-state index in [2.05, 4.69) is 10.5 Å². The van der Waals surface area contributed by atoms with Crippen molar-refractivity contribution in [3.8, 4) is 0 Å². The molecule has 5 nitrogen and oxygen atoms in total. The third-order valence-electron chi connectivity index (χ3n) is 1.71. The lowest BCUT2D eigenvalue weighted by atomic mass is 10.1. The molecular formula is C9H8N2O3. The van der Waals surface area contributed by atoms with Crippen LogP contribution in [-0.4, -0.2) is 18.9 Å². The smallest absolute Gasteiger partial charge is 0.317 e. The van der Waals surface area contributed by atoms with Crippen molar-refractivity contribution in [3.63, 3.8) is 0 Å². The lowest BCUT2D eigenvalue weighted by Crippen LogP contribution is -2.20. The van der Waals surface area contributed by atoms with Gasteiger partial charge in [-0.05, 0) is 12.1 Å².